The molecule has 0 saturated carbocycles. The molecule has 2 N–H and O–H groups in total. The van der Waals surface area contributed by atoms with Crippen molar-refractivity contribution in [2.45, 2.75) is 20.4 Å². The van der Waals surface area contributed by atoms with E-state index in [1.54, 1.807) is 4.68 Å². The molecule has 1 unspecified atom stereocenters. The minimum atomic E-state index is -0.826. The van der Waals surface area contributed by atoms with E-state index in [2.05, 4.69) is 15.5 Å². The number of tetrazole rings is 1. The topological polar surface area (TPSA) is 86.7 Å². The molecule has 0 bridgehead atoms. The van der Waals surface area contributed by atoms with Gasteiger partial charge in [0, 0.05) is 33.6 Å². The van der Waals surface area contributed by atoms with Gasteiger partial charge in [-0.2, -0.15) is 0 Å². The third-order valence-electron chi connectivity index (χ3n) is 2.74. The Labute approximate surface area is 114 Å². The Balaban J connectivity index is 2.25. The molecular formula is C12H17N5OS. The van der Waals surface area contributed by atoms with Gasteiger partial charge < -0.3 is 5.73 Å². The Morgan fingerprint density at radius 1 is 1.37 bits per heavy atom. The number of aromatic nitrogens is 4. The van der Waals surface area contributed by atoms with Crippen molar-refractivity contribution in [1.82, 2.24) is 20.2 Å². The lowest BCUT2D eigenvalue weighted by Crippen LogP contribution is -2.11. The van der Waals surface area contributed by atoms with Crippen molar-refractivity contribution in [3.8, 4) is 11.4 Å². The van der Waals surface area contributed by atoms with E-state index in [1.165, 1.54) is 0 Å². The lowest BCUT2D eigenvalue weighted by atomic mass is 10.1. The van der Waals surface area contributed by atoms with E-state index in [4.69, 9.17) is 5.73 Å². The first-order valence-electron chi connectivity index (χ1n) is 6.09. The van der Waals surface area contributed by atoms with Crippen LogP contribution in [0, 0.1) is 6.92 Å². The largest absolute Gasteiger partial charge is 0.399 e. The second kappa shape index (κ2) is 5.92. The summed E-state index contributed by atoms with van der Waals surface area (Å²) in [7, 11) is -0.826. The van der Waals surface area contributed by atoms with E-state index in [9.17, 15) is 4.21 Å². The summed E-state index contributed by atoms with van der Waals surface area (Å²) < 4.78 is 13.1. The summed E-state index contributed by atoms with van der Waals surface area (Å²) >= 11 is 0. The Kier molecular flexibility index (Phi) is 4.26. The Morgan fingerprint density at radius 2 is 2.16 bits per heavy atom. The number of hydrogen-bond acceptors (Lipinski definition) is 5. The average molecular weight is 279 g/mol. The van der Waals surface area contributed by atoms with Gasteiger partial charge in [-0.3, -0.25) is 4.21 Å². The number of nitrogen functional groups attached to an aromatic ring is 1. The third kappa shape index (κ3) is 3.37. The van der Waals surface area contributed by atoms with Crippen molar-refractivity contribution < 1.29 is 4.21 Å². The van der Waals surface area contributed by atoms with Crippen LogP contribution < -0.4 is 5.73 Å². The number of rotatable bonds is 5. The molecule has 2 rings (SSSR count). The number of nitrogens with zero attached hydrogens (tertiary/aromatic N) is 4. The van der Waals surface area contributed by atoms with Gasteiger partial charge in [0.15, 0.2) is 5.82 Å². The van der Waals surface area contributed by atoms with Gasteiger partial charge in [0.05, 0.1) is 6.54 Å². The molecule has 6 nitrogen and oxygen atoms in total. The smallest absolute Gasteiger partial charge is 0.182 e. The van der Waals surface area contributed by atoms with E-state index < -0.39 is 10.8 Å². The lowest BCUT2D eigenvalue weighted by molar-refractivity contribution is 0.624. The highest BCUT2D eigenvalue weighted by Gasteiger charge is 2.10. The fraction of sp³-hybridized carbons (Fsp3) is 0.417. The van der Waals surface area contributed by atoms with Gasteiger partial charge in [-0.1, -0.05) is 6.92 Å². The molecule has 0 radical (unpaired) electrons. The van der Waals surface area contributed by atoms with Crippen LogP contribution in [0.1, 0.15) is 12.5 Å². The molecule has 1 atom stereocenters. The summed E-state index contributed by atoms with van der Waals surface area (Å²) in [5, 5.41) is 11.6. The zero-order valence-corrected chi connectivity index (χ0v) is 11.9. The summed E-state index contributed by atoms with van der Waals surface area (Å²) in [4.78, 5) is 0. The Morgan fingerprint density at radius 3 is 2.84 bits per heavy atom. The number of anilines is 1. The first kappa shape index (κ1) is 13.7. The highest BCUT2D eigenvalue weighted by atomic mass is 32.2. The fourth-order valence-electron chi connectivity index (χ4n) is 1.84. The maximum absolute atomic E-state index is 11.5. The molecule has 1 aromatic carbocycles. The van der Waals surface area contributed by atoms with Gasteiger partial charge in [-0.05, 0) is 41.1 Å². The molecule has 0 aliphatic carbocycles. The van der Waals surface area contributed by atoms with Crippen molar-refractivity contribution in [3.63, 3.8) is 0 Å². The van der Waals surface area contributed by atoms with Gasteiger partial charge in [0.1, 0.15) is 0 Å². The van der Waals surface area contributed by atoms with Crippen molar-refractivity contribution >= 4 is 16.5 Å². The van der Waals surface area contributed by atoms with Crippen LogP contribution in [0.25, 0.3) is 11.4 Å². The third-order valence-corrected chi connectivity index (χ3v) is 4.02. The molecule has 1 heterocycles. The van der Waals surface area contributed by atoms with Gasteiger partial charge in [-0.25, -0.2) is 4.68 Å². The fourth-order valence-corrected chi connectivity index (χ4v) is 2.50. The van der Waals surface area contributed by atoms with E-state index in [1.807, 2.05) is 32.0 Å². The average Bonchev–Trinajstić information content (AvgIpc) is 2.83. The minimum absolute atomic E-state index is 0.538. The van der Waals surface area contributed by atoms with Gasteiger partial charge in [-0.15, -0.1) is 5.10 Å². The predicted octanol–water partition coefficient (Wildman–Crippen LogP) is 0.999. The zero-order valence-electron chi connectivity index (χ0n) is 11.0. The molecular weight excluding hydrogens is 262 g/mol. The van der Waals surface area contributed by atoms with Crippen molar-refractivity contribution in [1.29, 1.82) is 0 Å². The van der Waals surface area contributed by atoms with Gasteiger partial charge >= 0.3 is 0 Å². The molecule has 0 fully saturated rings. The second-order valence-corrected chi connectivity index (χ2v) is 6.16. The van der Waals surface area contributed by atoms with E-state index in [0.717, 1.165) is 11.1 Å². The van der Waals surface area contributed by atoms with Crippen molar-refractivity contribution in [2.24, 2.45) is 0 Å². The summed E-state index contributed by atoms with van der Waals surface area (Å²) in [5.74, 6) is 1.86. The van der Waals surface area contributed by atoms with E-state index in [0.29, 0.717) is 29.6 Å². The second-order valence-electron chi connectivity index (χ2n) is 4.29. The highest BCUT2D eigenvalue weighted by molar-refractivity contribution is 7.84. The lowest BCUT2D eigenvalue weighted by Gasteiger charge is -2.06. The molecule has 0 amide bonds. The maximum atomic E-state index is 11.5. The molecule has 0 aliphatic rings. The molecule has 1 aromatic heterocycles. The predicted molar refractivity (Wildman–Crippen MR) is 76.0 cm³/mol. The summed E-state index contributed by atoms with van der Waals surface area (Å²) in [5.41, 5.74) is 8.45. The molecule has 19 heavy (non-hydrogen) atoms. The number of benzene rings is 1. The molecule has 0 saturated heterocycles. The van der Waals surface area contributed by atoms with Crippen LogP contribution in [0.15, 0.2) is 18.2 Å². The first-order valence-corrected chi connectivity index (χ1v) is 7.57. The van der Waals surface area contributed by atoms with Crippen LogP contribution in [-0.4, -0.2) is 35.9 Å². The number of aryl methyl sites for hydroxylation is 2. The summed E-state index contributed by atoms with van der Waals surface area (Å²) in [6, 6.07) is 5.71. The van der Waals surface area contributed by atoms with Crippen LogP contribution in [-0.2, 0) is 17.3 Å². The van der Waals surface area contributed by atoms with E-state index >= 15 is 0 Å². The van der Waals surface area contributed by atoms with Gasteiger partial charge in [0.2, 0.25) is 0 Å². The first-order chi connectivity index (χ1) is 9.10. The summed E-state index contributed by atoms with van der Waals surface area (Å²) in [6.07, 6.45) is 0. The monoisotopic (exact) mass is 279 g/mol. The van der Waals surface area contributed by atoms with Crippen LogP contribution in [0.5, 0.6) is 0 Å². The van der Waals surface area contributed by atoms with Crippen LogP contribution in [0.3, 0.4) is 0 Å². The van der Waals surface area contributed by atoms with Crippen molar-refractivity contribution in [3.05, 3.63) is 23.8 Å². The molecule has 0 spiro atoms. The highest BCUT2D eigenvalue weighted by Crippen LogP contribution is 2.20. The van der Waals surface area contributed by atoms with Gasteiger partial charge in [0.25, 0.3) is 0 Å². The minimum Gasteiger partial charge on any atom is -0.399 e. The molecule has 0 aliphatic heterocycles. The Bertz CT molecular complexity index is 575. The normalized spacial score (nSPS) is 12.5. The quantitative estimate of drug-likeness (QED) is 0.825. The summed E-state index contributed by atoms with van der Waals surface area (Å²) in [6.45, 7) is 4.41. The maximum Gasteiger partial charge on any atom is 0.182 e. The van der Waals surface area contributed by atoms with E-state index in [-0.39, 0.29) is 0 Å². The van der Waals surface area contributed by atoms with Crippen molar-refractivity contribution in [2.75, 3.05) is 17.2 Å². The molecule has 102 valence electrons. The molecule has 7 heteroatoms. The SMILES string of the molecule is CCS(=O)CCn1nnnc1-c1cc(C)cc(N)c1. The van der Waals surface area contributed by atoms with Crippen LogP contribution in [0.2, 0.25) is 0 Å². The zero-order chi connectivity index (χ0) is 13.8. The standard InChI is InChI=1S/C12H17N5OS/c1-3-19(18)5-4-17-12(14-15-16-17)10-6-9(2)7-11(13)8-10/h6-8H,3-5,13H2,1-2H3. The number of hydrogen-bond donors (Lipinski definition) is 1. The number of nitrogens with two attached hydrogens (primary N) is 1. The molecule has 2 aromatic rings. The van der Waals surface area contributed by atoms with Crippen LogP contribution >= 0.6 is 0 Å². The Hall–Kier alpha value is -1.76. The van der Waals surface area contributed by atoms with Crippen LogP contribution in [0.4, 0.5) is 5.69 Å².